The molecule has 4 aromatic heterocycles. The number of Topliss-reactive ketones (excluding diaryl/α,β-unsaturated/α-hetero) is 1. The zero-order chi connectivity index (χ0) is 25.8. The number of fused-ring (bicyclic) bond motifs is 3. The molecular weight excluding hydrogens is 474 g/mol. The van der Waals surface area contributed by atoms with Crippen molar-refractivity contribution in [1.82, 2.24) is 39.7 Å². The van der Waals surface area contributed by atoms with E-state index in [1.54, 1.807) is 25.4 Å². The number of nitrogens with zero attached hydrogens (tertiary/aromatic N) is 7. The second-order valence-electron chi connectivity index (χ2n) is 9.85. The van der Waals surface area contributed by atoms with Crippen molar-refractivity contribution in [1.29, 1.82) is 0 Å². The van der Waals surface area contributed by atoms with Crippen LogP contribution in [0.5, 0.6) is 0 Å². The number of nitrogens with one attached hydrogen (secondary N) is 1. The fourth-order valence-electron chi connectivity index (χ4n) is 5.87. The van der Waals surface area contributed by atoms with Crippen molar-refractivity contribution in [2.45, 2.75) is 63.6 Å². The largest absolute Gasteiger partial charge is 0.387 e. The number of aliphatic hydroxyl groups is 1. The van der Waals surface area contributed by atoms with Crippen molar-refractivity contribution >= 4 is 23.2 Å². The zero-order valence-electron chi connectivity index (χ0n) is 20.5. The predicted molar refractivity (Wildman–Crippen MR) is 133 cm³/mol. The fraction of sp³-hybridized carbons (Fsp3) is 0.400. The Hall–Kier alpha value is -4.19. The Balaban J connectivity index is 1.40. The van der Waals surface area contributed by atoms with Gasteiger partial charge in [-0.15, -0.1) is 0 Å². The molecule has 6 rings (SSSR count). The maximum absolute atomic E-state index is 13.1. The third-order valence-electron chi connectivity index (χ3n) is 7.56. The first-order chi connectivity index (χ1) is 17.8. The highest BCUT2D eigenvalue weighted by Crippen LogP contribution is 2.45. The molecule has 12 nitrogen and oxygen atoms in total. The molecule has 0 spiro atoms. The average molecular weight is 502 g/mol. The fourth-order valence-corrected chi connectivity index (χ4v) is 5.87. The van der Waals surface area contributed by atoms with Crippen molar-refractivity contribution < 1.29 is 14.7 Å². The van der Waals surface area contributed by atoms with Gasteiger partial charge in [0, 0.05) is 35.3 Å². The zero-order valence-corrected chi connectivity index (χ0v) is 20.5. The lowest BCUT2D eigenvalue weighted by Crippen LogP contribution is -2.46. The molecule has 12 heteroatoms. The van der Waals surface area contributed by atoms with Crippen LogP contribution in [-0.4, -0.2) is 68.5 Å². The summed E-state index contributed by atoms with van der Waals surface area (Å²) in [7, 11) is 0. The van der Waals surface area contributed by atoms with E-state index >= 15 is 0 Å². The van der Waals surface area contributed by atoms with Gasteiger partial charge in [0.1, 0.15) is 12.1 Å². The monoisotopic (exact) mass is 501 g/mol. The molecule has 2 saturated heterocycles. The number of nitrogen functional groups attached to an aromatic ring is 1. The van der Waals surface area contributed by atoms with Gasteiger partial charge in [0.15, 0.2) is 11.4 Å². The van der Waals surface area contributed by atoms with Crippen molar-refractivity contribution in [2.75, 3.05) is 5.73 Å². The van der Waals surface area contributed by atoms with Crippen LogP contribution in [0, 0.1) is 0 Å². The molecule has 2 fully saturated rings. The molecule has 4 atom stereocenters. The Morgan fingerprint density at radius 1 is 1.16 bits per heavy atom. The number of nitrogens with two attached hydrogens (primary N) is 1. The Morgan fingerprint density at radius 2 is 1.92 bits per heavy atom. The Bertz CT molecular complexity index is 1480. The van der Waals surface area contributed by atoms with Gasteiger partial charge in [-0.25, -0.2) is 9.97 Å². The van der Waals surface area contributed by atoms with Crippen LogP contribution in [0.25, 0.3) is 16.8 Å². The summed E-state index contributed by atoms with van der Waals surface area (Å²) in [4.78, 5) is 41.1. The van der Waals surface area contributed by atoms with Crippen LogP contribution in [0.1, 0.15) is 83.9 Å². The lowest BCUT2D eigenvalue weighted by molar-refractivity contribution is 0.0556. The number of aliphatic hydroxyl groups excluding tert-OH is 1. The number of aromatic nitrogens is 7. The predicted octanol–water partition coefficient (Wildman–Crippen LogP) is 2.30. The van der Waals surface area contributed by atoms with E-state index in [1.165, 1.54) is 17.8 Å². The summed E-state index contributed by atoms with van der Waals surface area (Å²) in [6.07, 6.45) is 7.10. The quantitative estimate of drug-likeness (QED) is 0.347. The van der Waals surface area contributed by atoms with E-state index in [4.69, 9.17) is 10.7 Å². The van der Waals surface area contributed by atoms with Crippen LogP contribution in [0.2, 0.25) is 0 Å². The topological polar surface area (TPSA) is 168 Å². The molecule has 4 N–H and O–H groups in total. The van der Waals surface area contributed by atoms with E-state index in [9.17, 15) is 14.7 Å². The van der Waals surface area contributed by atoms with Gasteiger partial charge in [-0.3, -0.25) is 19.7 Å². The summed E-state index contributed by atoms with van der Waals surface area (Å²) in [5, 5.41) is 20.7. The molecule has 0 aliphatic carbocycles. The van der Waals surface area contributed by atoms with Gasteiger partial charge >= 0.3 is 0 Å². The number of anilines is 1. The molecule has 6 heterocycles. The first kappa shape index (κ1) is 23.2. The number of rotatable bonds is 5. The van der Waals surface area contributed by atoms with Gasteiger partial charge < -0.3 is 15.7 Å². The van der Waals surface area contributed by atoms with Gasteiger partial charge in [0.05, 0.1) is 29.3 Å². The number of pyridine rings is 1. The van der Waals surface area contributed by atoms with Crippen LogP contribution >= 0.6 is 0 Å². The molecule has 2 unspecified atom stereocenters. The Kier molecular flexibility index (Phi) is 5.48. The maximum atomic E-state index is 13.1. The lowest BCUT2D eigenvalue weighted by atomic mass is 9.85. The van der Waals surface area contributed by atoms with Crippen molar-refractivity contribution in [3.63, 3.8) is 0 Å². The van der Waals surface area contributed by atoms with E-state index in [2.05, 4.69) is 25.3 Å². The molecular formula is C25H27N9O3. The van der Waals surface area contributed by atoms with Gasteiger partial charge in [-0.05, 0) is 45.6 Å². The van der Waals surface area contributed by atoms with Crippen LogP contribution in [0.3, 0.4) is 0 Å². The number of hydrogen-bond acceptors (Lipinski definition) is 9. The number of ketones is 1. The summed E-state index contributed by atoms with van der Waals surface area (Å²) in [5.41, 5.74) is 10.2. The van der Waals surface area contributed by atoms with Crippen LogP contribution < -0.4 is 5.73 Å². The second-order valence-corrected chi connectivity index (χ2v) is 9.85. The molecule has 2 aliphatic heterocycles. The van der Waals surface area contributed by atoms with E-state index < -0.39 is 6.10 Å². The highest BCUT2D eigenvalue weighted by atomic mass is 16.3. The lowest BCUT2D eigenvalue weighted by Gasteiger charge is -2.38. The smallest absolute Gasteiger partial charge is 0.291 e. The summed E-state index contributed by atoms with van der Waals surface area (Å²) >= 11 is 0. The third kappa shape index (κ3) is 3.75. The summed E-state index contributed by atoms with van der Waals surface area (Å²) in [5.74, 6) is 0.127. The number of H-pyrrole nitrogens is 1. The standard InChI is InChI=1S/C25H27N9O3/c1-12(35)19-6-3-14(9-27-19)18-10-30-34-22(26)20(13(2)36)21(31-24(18)34)15-7-16-4-5-17(8-15)33(16)25(37)23-28-11-29-32-23/h3,6,9-12,15-17,35H,4-5,7-8,26H2,1-2H3,(H,28,29,32)/t12-,15?,16-,17?/m1/s1. The van der Waals surface area contributed by atoms with Gasteiger partial charge in [0.25, 0.3) is 5.91 Å². The summed E-state index contributed by atoms with van der Waals surface area (Å²) < 4.78 is 1.50. The molecule has 4 aromatic rings. The van der Waals surface area contributed by atoms with Gasteiger partial charge in [-0.2, -0.15) is 14.7 Å². The molecule has 2 aliphatic rings. The van der Waals surface area contributed by atoms with Crippen molar-refractivity contribution in [2.24, 2.45) is 0 Å². The average Bonchev–Trinajstić information content (AvgIpc) is 3.62. The molecule has 1 amide bonds. The minimum Gasteiger partial charge on any atom is -0.387 e. The maximum Gasteiger partial charge on any atom is 0.291 e. The molecule has 2 bridgehead atoms. The van der Waals surface area contributed by atoms with Crippen molar-refractivity contribution in [3.05, 3.63) is 53.6 Å². The number of piperidine rings is 1. The number of carbonyl (C=O) groups is 2. The summed E-state index contributed by atoms with van der Waals surface area (Å²) in [6.45, 7) is 3.15. The SMILES string of the molecule is CC(=O)c1c(C2CC3CC[C@H](C2)N3C(=O)c2ncn[nH]2)nc2c(-c3ccc([C@@H](C)O)nc3)cnn2c1N. The minimum absolute atomic E-state index is 0.0157. The van der Waals surface area contributed by atoms with E-state index in [1.807, 2.05) is 11.0 Å². The number of hydrogen-bond donors (Lipinski definition) is 3. The first-order valence-corrected chi connectivity index (χ1v) is 12.3. The van der Waals surface area contributed by atoms with Crippen LogP contribution in [0.4, 0.5) is 5.82 Å². The van der Waals surface area contributed by atoms with Gasteiger partial charge in [-0.1, -0.05) is 6.07 Å². The highest BCUT2D eigenvalue weighted by molar-refractivity contribution is 6.00. The molecule has 0 saturated carbocycles. The number of carbonyl (C=O) groups excluding carboxylic acids is 2. The Labute approximate surface area is 211 Å². The number of amides is 1. The highest BCUT2D eigenvalue weighted by Gasteiger charge is 2.45. The molecule has 0 aromatic carbocycles. The van der Waals surface area contributed by atoms with Crippen molar-refractivity contribution in [3.8, 4) is 11.1 Å². The third-order valence-corrected chi connectivity index (χ3v) is 7.56. The minimum atomic E-state index is -0.673. The first-order valence-electron chi connectivity index (χ1n) is 12.3. The number of aromatic amines is 1. The molecule has 190 valence electrons. The van der Waals surface area contributed by atoms with E-state index in [0.717, 1.165) is 24.0 Å². The Morgan fingerprint density at radius 3 is 2.51 bits per heavy atom. The summed E-state index contributed by atoms with van der Waals surface area (Å²) in [6, 6.07) is 3.65. The normalized spacial score (nSPS) is 21.9. The molecule has 37 heavy (non-hydrogen) atoms. The van der Waals surface area contributed by atoms with E-state index in [0.29, 0.717) is 35.4 Å². The van der Waals surface area contributed by atoms with Crippen LogP contribution in [-0.2, 0) is 0 Å². The van der Waals surface area contributed by atoms with Crippen LogP contribution in [0.15, 0.2) is 30.9 Å². The van der Waals surface area contributed by atoms with E-state index in [-0.39, 0.29) is 41.3 Å². The molecule has 0 radical (unpaired) electrons. The van der Waals surface area contributed by atoms with Gasteiger partial charge in [0.2, 0.25) is 5.82 Å². The second kappa shape index (κ2) is 8.73.